The number of fused-ring (bicyclic) bond motifs is 1. The molecule has 122 valence electrons. The summed E-state index contributed by atoms with van der Waals surface area (Å²) >= 11 is 4.71. The lowest BCUT2D eigenvalue weighted by Crippen LogP contribution is -1.96. The Hall–Kier alpha value is -2.05. The van der Waals surface area contributed by atoms with Crippen LogP contribution in [0.4, 0.5) is 4.39 Å². The van der Waals surface area contributed by atoms with Gasteiger partial charge in [0.2, 0.25) is 0 Å². The Balaban J connectivity index is 2.04. The van der Waals surface area contributed by atoms with Crippen LogP contribution in [0.5, 0.6) is 0 Å². The van der Waals surface area contributed by atoms with Gasteiger partial charge in [-0.05, 0) is 42.3 Å². The van der Waals surface area contributed by atoms with Crippen LogP contribution in [-0.2, 0) is 4.79 Å². The normalized spacial score (nSPS) is 11.8. The van der Waals surface area contributed by atoms with E-state index in [0.717, 1.165) is 20.8 Å². The molecule has 0 aliphatic heterocycles. The number of thiazole rings is 1. The van der Waals surface area contributed by atoms with Gasteiger partial charge in [-0.2, -0.15) is 0 Å². The number of carboxylic acids is 1. The number of hydrogen-bond donors (Lipinski definition) is 1. The maximum absolute atomic E-state index is 14.1. The summed E-state index contributed by atoms with van der Waals surface area (Å²) in [5.41, 5.74) is 1.99. The van der Waals surface area contributed by atoms with Crippen molar-refractivity contribution in [3.05, 3.63) is 63.3 Å². The average molecular weight is 406 g/mol. The number of benzene rings is 2. The van der Waals surface area contributed by atoms with E-state index < -0.39 is 5.97 Å². The number of carboxylic acid groups (broad SMARTS) is 1. The Morgan fingerprint density at radius 2 is 2.04 bits per heavy atom. The lowest BCUT2D eigenvalue weighted by atomic mass is 10.1. The van der Waals surface area contributed by atoms with Gasteiger partial charge in [0.25, 0.3) is 0 Å². The molecule has 0 fully saturated rings. The molecule has 1 heterocycles. The minimum atomic E-state index is -0.890. The molecule has 0 unspecified atom stereocenters. The molecule has 0 radical (unpaired) electrons. The molecular weight excluding hydrogens is 393 g/mol. The van der Waals surface area contributed by atoms with Crippen molar-refractivity contribution < 1.29 is 14.3 Å². The van der Waals surface area contributed by atoms with Crippen LogP contribution in [0.1, 0.15) is 23.4 Å². The van der Waals surface area contributed by atoms with Gasteiger partial charge in [-0.1, -0.05) is 34.1 Å². The predicted octanol–water partition coefficient (Wildman–Crippen LogP) is 5.60. The highest BCUT2D eigenvalue weighted by molar-refractivity contribution is 9.10. The lowest BCUT2D eigenvalue weighted by Gasteiger charge is -2.04. The first-order chi connectivity index (χ1) is 11.5. The van der Waals surface area contributed by atoms with Crippen molar-refractivity contribution in [1.29, 1.82) is 0 Å². The molecule has 0 bridgehead atoms. The number of para-hydroxylation sites is 1. The molecule has 3 aromatic rings. The number of carbonyl (C=O) groups is 1. The van der Waals surface area contributed by atoms with Crippen LogP contribution in [-0.4, -0.2) is 16.1 Å². The highest BCUT2D eigenvalue weighted by Crippen LogP contribution is 2.31. The first kappa shape index (κ1) is 16.8. The highest BCUT2D eigenvalue weighted by atomic mass is 79.9. The van der Waals surface area contributed by atoms with Crippen LogP contribution in [0, 0.1) is 5.82 Å². The summed E-state index contributed by atoms with van der Waals surface area (Å²) in [6.45, 7) is 0. The number of aliphatic carboxylic acids is 1. The van der Waals surface area contributed by atoms with Gasteiger partial charge in [0.05, 0.1) is 10.2 Å². The summed E-state index contributed by atoms with van der Waals surface area (Å²) in [5.74, 6) is -1.25. The molecule has 2 aromatic carbocycles. The first-order valence-corrected chi connectivity index (χ1v) is 8.87. The van der Waals surface area contributed by atoms with Crippen LogP contribution in [0.3, 0.4) is 0 Å². The summed E-state index contributed by atoms with van der Waals surface area (Å²) in [4.78, 5) is 15.5. The number of rotatable bonds is 5. The number of halogens is 2. The lowest BCUT2D eigenvalue weighted by molar-refractivity contribution is -0.136. The van der Waals surface area contributed by atoms with Crippen molar-refractivity contribution in [1.82, 2.24) is 4.98 Å². The topological polar surface area (TPSA) is 50.2 Å². The van der Waals surface area contributed by atoms with Crippen LogP contribution in [0.15, 0.2) is 46.9 Å². The third-order valence-electron chi connectivity index (χ3n) is 3.47. The number of aromatic nitrogens is 1. The van der Waals surface area contributed by atoms with Crippen LogP contribution in [0.25, 0.3) is 21.9 Å². The average Bonchev–Trinajstić information content (AvgIpc) is 2.97. The first-order valence-electron chi connectivity index (χ1n) is 7.26. The molecule has 24 heavy (non-hydrogen) atoms. The van der Waals surface area contributed by atoms with E-state index in [0.29, 0.717) is 16.5 Å². The molecule has 0 saturated heterocycles. The smallest absolute Gasteiger partial charge is 0.303 e. The number of hydrogen-bond acceptors (Lipinski definition) is 3. The minimum absolute atomic E-state index is 0.0279. The molecule has 0 aliphatic rings. The fraction of sp³-hybridized carbons (Fsp3) is 0.111. The summed E-state index contributed by atoms with van der Waals surface area (Å²) in [5, 5.41) is 9.70. The van der Waals surface area contributed by atoms with Gasteiger partial charge in [0.1, 0.15) is 10.8 Å². The predicted molar refractivity (Wildman–Crippen MR) is 98.5 cm³/mol. The van der Waals surface area contributed by atoms with Gasteiger partial charge in [0.15, 0.2) is 0 Å². The fourth-order valence-corrected chi connectivity index (χ4v) is 3.64. The SMILES string of the molecule is O=C(O)CCC(=Cc1ccc(Br)cc1F)c1nc2ccccc2s1. The largest absolute Gasteiger partial charge is 0.481 e. The molecule has 0 atom stereocenters. The van der Waals surface area contributed by atoms with Gasteiger partial charge < -0.3 is 5.11 Å². The Morgan fingerprint density at radius 1 is 1.25 bits per heavy atom. The quantitative estimate of drug-likeness (QED) is 0.600. The zero-order valence-corrected chi connectivity index (χ0v) is 14.9. The van der Waals surface area contributed by atoms with E-state index in [9.17, 15) is 9.18 Å². The standard InChI is InChI=1S/C18H13BrFNO2S/c19-13-7-5-11(14(20)10-13)9-12(6-8-17(22)23)18-21-15-3-1-2-4-16(15)24-18/h1-5,7,9-10H,6,8H2,(H,22,23). The van der Waals surface area contributed by atoms with Crippen LogP contribution < -0.4 is 0 Å². The van der Waals surface area contributed by atoms with Crippen LogP contribution >= 0.6 is 27.3 Å². The zero-order valence-electron chi connectivity index (χ0n) is 12.5. The maximum atomic E-state index is 14.1. The molecule has 3 rings (SSSR count). The summed E-state index contributed by atoms with van der Waals surface area (Å²) in [6, 6.07) is 12.5. The second-order valence-electron chi connectivity index (χ2n) is 5.22. The van der Waals surface area contributed by atoms with E-state index in [4.69, 9.17) is 5.11 Å². The van der Waals surface area contributed by atoms with Crippen molar-refractivity contribution in [3.8, 4) is 0 Å². The minimum Gasteiger partial charge on any atom is -0.481 e. The number of nitrogens with zero attached hydrogens (tertiary/aromatic N) is 1. The van der Waals surface area contributed by atoms with E-state index in [2.05, 4.69) is 20.9 Å². The van der Waals surface area contributed by atoms with Gasteiger partial charge in [-0.25, -0.2) is 9.37 Å². The van der Waals surface area contributed by atoms with Crippen molar-refractivity contribution in [2.24, 2.45) is 0 Å². The van der Waals surface area contributed by atoms with E-state index in [-0.39, 0.29) is 12.2 Å². The van der Waals surface area contributed by atoms with Crippen molar-refractivity contribution in [3.63, 3.8) is 0 Å². The van der Waals surface area contributed by atoms with E-state index in [1.54, 1.807) is 18.2 Å². The summed E-state index contributed by atoms with van der Waals surface area (Å²) < 4.78 is 15.8. The Morgan fingerprint density at radius 3 is 2.75 bits per heavy atom. The van der Waals surface area contributed by atoms with E-state index in [1.807, 2.05) is 24.3 Å². The molecular formula is C18H13BrFNO2S. The van der Waals surface area contributed by atoms with Crippen LogP contribution in [0.2, 0.25) is 0 Å². The molecule has 6 heteroatoms. The van der Waals surface area contributed by atoms with Crippen molar-refractivity contribution >= 4 is 55.1 Å². The van der Waals surface area contributed by atoms with Gasteiger partial charge >= 0.3 is 5.97 Å². The van der Waals surface area contributed by atoms with Gasteiger partial charge in [-0.15, -0.1) is 11.3 Å². The number of allylic oxidation sites excluding steroid dienone is 1. The molecule has 3 nitrogen and oxygen atoms in total. The highest BCUT2D eigenvalue weighted by Gasteiger charge is 2.12. The third-order valence-corrected chi connectivity index (χ3v) is 5.07. The fourth-order valence-electron chi connectivity index (χ4n) is 2.30. The zero-order chi connectivity index (χ0) is 17.1. The second kappa shape index (κ2) is 7.23. The van der Waals surface area contributed by atoms with Crippen molar-refractivity contribution in [2.75, 3.05) is 0 Å². The summed E-state index contributed by atoms with van der Waals surface area (Å²) in [7, 11) is 0. The van der Waals surface area contributed by atoms with E-state index >= 15 is 0 Å². The van der Waals surface area contributed by atoms with Gasteiger partial charge in [0, 0.05) is 16.5 Å². The summed E-state index contributed by atoms with van der Waals surface area (Å²) in [6.07, 6.45) is 1.95. The Bertz CT molecular complexity index is 903. The maximum Gasteiger partial charge on any atom is 0.303 e. The Labute approximate surface area is 150 Å². The molecule has 0 spiro atoms. The monoisotopic (exact) mass is 405 g/mol. The molecule has 1 aromatic heterocycles. The van der Waals surface area contributed by atoms with Gasteiger partial charge in [-0.3, -0.25) is 4.79 Å². The molecule has 0 amide bonds. The Kier molecular flexibility index (Phi) is 5.06. The molecule has 0 aliphatic carbocycles. The second-order valence-corrected chi connectivity index (χ2v) is 7.16. The molecule has 1 N–H and O–H groups in total. The van der Waals surface area contributed by atoms with Crippen molar-refractivity contribution in [2.45, 2.75) is 12.8 Å². The van der Waals surface area contributed by atoms with E-state index in [1.165, 1.54) is 17.4 Å². The third kappa shape index (κ3) is 3.88. The molecule has 0 saturated carbocycles.